The van der Waals surface area contributed by atoms with Gasteiger partial charge in [-0.3, -0.25) is 4.79 Å². The Morgan fingerprint density at radius 2 is 1.71 bits per heavy atom. The van der Waals surface area contributed by atoms with Crippen LogP contribution >= 0.6 is 23.2 Å². The van der Waals surface area contributed by atoms with Crippen LogP contribution in [0.2, 0.25) is 10.0 Å². The van der Waals surface area contributed by atoms with Crippen molar-refractivity contribution in [2.75, 3.05) is 6.79 Å². The second-order valence-corrected chi connectivity index (χ2v) is 10.00. The molecule has 212 valence electrons. The highest BCUT2D eigenvalue weighted by Crippen LogP contribution is 2.36. The van der Waals surface area contributed by atoms with E-state index in [1.165, 1.54) is 30.5 Å². The number of hydrogen-bond acceptors (Lipinski definition) is 6. The molecule has 0 radical (unpaired) electrons. The number of hydrogen-bond donors (Lipinski definition) is 0. The largest absolute Gasteiger partial charge is 0.486 e. The Morgan fingerprint density at radius 3 is 2.50 bits per heavy atom. The Hall–Kier alpha value is -4.54. The number of benzene rings is 4. The van der Waals surface area contributed by atoms with Crippen molar-refractivity contribution in [3.8, 4) is 28.6 Å². The summed E-state index contributed by atoms with van der Waals surface area (Å²) in [5.41, 5.74) is 0.153. The van der Waals surface area contributed by atoms with Gasteiger partial charge in [0.1, 0.15) is 6.61 Å². The molecule has 7 nitrogen and oxygen atoms in total. The van der Waals surface area contributed by atoms with E-state index in [2.05, 4.69) is 10.1 Å². The second kappa shape index (κ2) is 11.0. The Kier molecular flexibility index (Phi) is 7.26. The highest BCUT2D eigenvalue weighted by molar-refractivity contribution is 6.37. The van der Waals surface area contributed by atoms with Crippen molar-refractivity contribution in [2.24, 2.45) is 5.10 Å². The standard InChI is InChI=1S/C30H18Cl2F3N3O4/c31-22-10-18(11-23(32)27(22)40-15-17-8-9-25-26(12-17)42-16-41-25)14-36-38-28(19-4-3-5-20(13-19)30(33,34)35)37-24-7-2-1-6-21(24)29(38)39/h1-14H,15-16H2. The number of aromatic nitrogens is 2. The molecule has 0 N–H and O–H groups in total. The molecule has 0 saturated carbocycles. The predicted octanol–water partition coefficient (Wildman–Crippen LogP) is 7.58. The molecule has 12 heteroatoms. The molecule has 5 aromatic rings. The SMILES string of the molecule is O=c1c2ccccc2nc(-c2cccc(C(F)(F)F)c2)n1N=Cc1cc(Cl)c(OCc2ccc3c(c2)OCO3)c(Cl)c1. The minimum absolute atomic E-state index is 0.0631. The Bertz CT molecular complexity index is 1900. The monoisotopic (exact) mass is 611 g/mol. The van der Waals surface area contributed by atoms with Crippen molar-refractivity contribution in [3.63, 3.8) is 0 Å². The lowest BCUT2D eigenvalue weighted by atomic mass is 10.1. The van der Waals surface area contributed by atoms with Crippen LogP contribution in [0.1, 0.15) is 16.7 Å². The van der Waals surface area contributed by atoms with Gasteiger partial charge in [-0.25, -0.2) is 4.98 Å². The highest BCUT2D eigenvalue weighted by Gasteiger charge is 2.31. The fourth-order valence-corrected chi connectivity index (χ4v) is 4.97. The normalized spacial score (nSPS) is 12.8. The van der Waals surface area contributed by atoms with Gasteiger partial charge in [0.25, 0.3) is 5.56 Å². The third-order valence-corrected chi connectivity index (χ3v) is 6.93. The van der Waals surface area contributed by atoms with Gasteiger partial charge in [-0.1, -0.05) is 53.5 Å². The molecule has 0 bridgehead atoms. The van der Waals surface area contributed by atoms with Gasteiger partial charge < -0.3 is 14.2 Å². The first-order chi connectivity index (χ1) is 20.2. The molecule has 6 rings (SSSR count). The summed E-state index contributed by atoms with van der Waals surface area (Å²) in [5.74, 6) is 1.43. The molecular formula is C30H18Cl2F3N3O4. The van der Waals surface area contributed by atoms with E-state index in [4.69, 9.17) is 37.4 Å². The van der Waals surface area contributed by atoms with Crippen LogP contribution in [0.4, 0.5) is 13.2 Å². The molecule has 0 fully saturated rings. The topological polar surface area (TPSA) is 74.9 Å². The van der Waals surface area contributed by atoms with Crippen molar-refractivity contribution >= 4 is 40.3 Å². The lowest BCUT2D eigenvalue weighted by molar-refractivity contribution is -0.137. The maximum atomic E-state index is 13.4. The van der Waals surface area contributed by atoms with Crippen LogP contribution in [-0.4, -0.2) is 22.7 Å². The van der Waals surface area contributed by atoms with Crippen molar-refractivity contribution in [3.05, 3.63) is 116 Å². The van der Waals surface area contributed by atoms with Crippen LogP contribution in [0.3, 0.4) is 0 Å². The quantitative estimate of drug-likeness (QED) is 0.185. The summed E-state index contributed by atoms with van der Waals surface area (Å²) in [6.45, 7) is 0.311. The summed E-state index contributed by atoms with van der Waals surface area (Å²) in [4.78, 5) is 17.9. The van der Waals surface area contributed by atoms with Crippen molar-refractivity contribution in [2.45, 2.75) is 12.8 Å². The number of rotatable bonds is 6. The first kappa shape index (κ1) is 27.6. The first-order valence-corrected chi connectivity index (χ1v) is 13.2. The Morgan fingerprint density at radius 1 is 0.952 bits per heavy atom. The number of fused-ring (bicyclic) bond motifs is 2. The van der Waals surface area contributed by atoms with Gasteiger partial charge in [-0.05, 0) is 59.7 Å². The summed E-state index contributed by atoms with van der Waals surface area (Å²) in [6.07, 6.45) is -3.27. The Labute approximate surface area is 246 Å². The van der Waals surface area contributed by atoms with Crippen LogP contribution in [0.5, 0.6) is 17.2 Å². The van der Waals surface area contributed by atoms with Crippen LogP contribution < -0.4 is 19.8 Å². The molecule has 0 saturated heterocycles. The maximum Gasteiger partial charge on any atom is 0.416 e. The fraction of sp³-hybridized carbons (Fsp3) is 0.100. The van der Waals surface area contributed by atoms with Crippen LogP contribution in [0.15, 0.2) is 88.8 Å². The molecule has 2 heterocycles. The van der Waals surface area contributed by atoms with E-state index in [9.17, 15) is 18.0 Å². The van der Waals surface area contributed by atoms with Crippen LogP contribution in [0.25, 0.3) is 22.3 Å². The lowest BCUT2D eigenvalue weighted by Crippen LogP contribution is -2.20. The van der Waals surface area contributed by atoms with E-state index in [0.717, 1.165) is 22.4 Å². The zero-order chi connectivity index (χ0) is 29.4. The fourth-order valence-electron chi connectivity index (χ4n) is 4.35. The van der Waals surface area contributed by atoms with Gasteiger partial charge in [0.15, 0.2) is 23.1 Å². The summed E-state index contributed by atoms with van der Waals surface area (Å²) in [5, 5.41) is 4.90. The summed E-state index contributed by atoms with van der Waals surface area (Å²) in [6, 6.07) is 19.5. The van der Waals surface area contributed by atoms with E-state index in [1.54, 1.807) is 36.4 Å². The molecule has 0 spiro atoms. The van der Waals surface area contributed by atoms with Gasteiger partial charge in [-0.2, -0.15) is 22.9 Å². The number of alkyl halides is 3. The van der Waals surface area contributed by atoms with Crippen molar-refractivity contribution in [1.82, 2.24) is 9.66 Å². The third kappa shape index (κ3) is 5.50. The summed E-state index contributed by atoms with van der Waals surface area (Å²) >= 11 is 12.9. The summed E-state index contributed by atoms with van der Waals surface area (Å²) in [7, 11) is 0. The molecule has 0 aliphatic carbocycles. The van der Waals surface area contributed by atoms with Gasteiger partial charge in [0.05, 0.1) is 32.7 Å². The molecule has 1 aliphatic heterocycles. The third-order valence-electron chi connectivity index (χ3n) is 6.36. The van der Waals surface area contributed by atoms with E-state index in [-0.39, 0.29) is 46.0 Å². The second-order valence-electron chi connectivity index (χ2n) is 9.18. The average Bonchev–Trinajstić information content (AvgIpc) is 3.44. The van der Waals surface area contributed by atoms with E-state index in [1.807, 2.05) is 6.07 Å². The number of nitrogens with zero attached hydrogens (tertiary/aromatic N) is 3. The Balaban J connectivity index is 1.33. The average molecular weight is 612 g/mol. The number of ether oxygens (including phenoxy) is 3. The molecule has 1 aliphatic rings. The molecule has 0 amide bonds. The number of para-hydroxylation sites is 1. The molecule has 0 unspecified atom stereocenters. The smallest absolute Gasteiger partial charge is 0.416 e. The molecule has 42 heavy (non-hydrogen) atoms. The van der Waals surface area contributed by atoms with Crippen molar-refractivity contribution < 1.29 is 27.4 Å². The molecular weight excluding hydrogens is 594 g/mol. The van der Waals surface area contributed by atoms with E-state index in [0.29, 0.717) is 22.6 Å². The number of halogens is 5. The zero-order valence-corrected chi connectivity index (χ0v) is 22.9. The minimum atomic E-state index is -4.58. The highest BCUT2D eigenvalue weighted by atomic mass is 35.5. The minimum Gasteiger partial charge on any atom is -0.486 e. The van der Waals surface area contributed by atoms with Gasteiger partial charge in [0, 0.05) is 5.56 Å². The predicted molar refractivity (Wildman–Crippen MR) is 153 cm³/mol. The lowest BCUT2D eigenvalue weighted by Gasteiger charge is -2.12. The van der Waals surface area contributed by atoms with E-state index < -0.39 is 17.3 Å². The molecule has 0 atom stereocenters. The van der Waals surface area contributed by atoms with Gasteiger partial charge >= 0.3 is 6.18 Å². The van der Waals surface area contributed by atoms with Gasteiger partial charge in [0.2, 0.25) is 6.79 Å². The van der Waals surface area contributed by atoms with Crippen molar-refractivity contribution in [1.29, 1.82) is 0 Å². The molecule has 4 aromatic carbocycles. The maximum absolute atomic E-state index is 13.4. The summed E-state index contributed by atoms with van der Waals surface area (Å²) < 4.78 is 57.8. The van der Waals surface area contributed by atoms with Crippen LogP contribution in [0, 0.1) is 0 Å². The molecule has 1 aromatic heterocycles. The first-order valence-electron chi connectivity index (χ1n) is 12.4. The zero-order valence-electron chi connectivity index (χ0n) is 21.4. The van der Waals surface area contributed by atoms with E-state index >= 15 is 0 Å². The van der Waals surface area contributed by atoms with Crippen LogP contribution in [-0.2, 0) is 12.8 Å². The van der Waals surface area contributed by atoms with Gasteiger partial charge in [-0.15, -0.1) is 0 Å².